The van der Waals surface area contributed by atoms with Gasteiger partial charge in [-0.25, -0.2) is 0 Å². The Bertz CT molecular complexity index is 672. The smallest absolute Gasteiger partial charge is 0.327 e. The summed E-state index contributed by atoms with van der Waals surface area (Å²) < 4.78 is 36.3. The van der Waals surface area contributed by atoms with Gasteiger partial charge in [0.15, 0.2) is 0 Å². The highest BCUT2D eigenvalue weighted by Crippen LogP contribution is 2.43. The molecule has 0 saturated carbocycles. The van der Waals surface area contributed by atoms with Crippen LogP contribution in [-0.2, 0) is 27.9 Å². The lowest BCUT2D eigenvalue weighted by atomic mass is 10.0. The Morgan fingerprint density at radius 2 is 1.12 bits per heavy atom. The molecule has 0 bridgehead atoms. The van der Waals surface area contributed by atoms with Gasteiger partial charge in [0.2, 0.25) is 0 Å². The number of carboxylic acids is 1. The molecule has 258 valence electrons. The molecule has 2 unspecified atom stereocenters. The third kappa shape index (κ3) is 34.2. The Kier molecular flexibility index (Phi) is 28.6. The quantitative estimate of drug-likeness (QED) is 0.0428. The zero-order chi connectivity index (χ0) is 32.1. The van der Waals surface area contributed by atoms with Crippen LogP contribution in [0.15, 0.2) is 0 Å². The molecule has 0 amide bonds. The van der Waals surface area contributed by atoms with Crippen LogP contribution in [0.4, 0.5) is 0 Å². The predicted octanol–water partition coefficient (Wildman–Crippen LogP) is 9.25. The van der Waals surface area contributed by atoms with E-state index in [1.165, 1.54) is 116 Å². The lowest BCUT2D eigenvalue weighted by Gasteiger charge is -2.25. The second kappa shape index (κ2) is 28.9. The van der Waals surface area contributed by atoms with Crippen LogP contribution in [0.25, 0.3) is 0 Å². The first-order chi connectivity index (χ1) is 20.6. The number of aliphatic carboxylic acids is 1. The summed E-state index contributed by atoms with van der Waals surface area (Å²) in [5.41, 5.74) is 0. The Hall–Kier alpha value is -0.500. The second-order valence-corrected chi connectivity index (χ2v) is 15.4. The zero-order valence-corrected chi connectivity index (χ0v) is 29.9. The van der Waals surface area contributed by atoms with E-state index in [-0.39, 0.29) is 19.1 Å². The Morgan fingerprint density at radius 1 is 0.651 bits per heavy atom. The van der Waals surface area contributed by atoms with Gasteiger partial charge in [0.25, 0.3) is 0 Å². The highest BCUT2D eigenvalue weighted by Gasteiger charge is 2.22. The molecule has 0 aromatic rings. The van der Waals surface area contributed by atoms with E-state index < -0.39 is 13.6 Å². The van der Waals surface area contributed by atoms with Crippen LogP contribution in [-0.4, -0.2) is 89.0 Å². The van der Waals surface area contributed by atoms with Crippen LogP contribution in [0.1, 0.15) is 142 Å². The minimum Gasteiger partial charge on any atom is -0.481 e. The lowest BCUT2D eigenvalue weighted by molar-refractivity contribution is -0.870. The molecule has 0 rings (SSSR count). The van der Waals surface area contributed by atoms with Crippen molar-refractivity contribution in [2.45, 2.75) is 148 Å². The van der Waals surface area contributed by atoms with E-state index in [4.69, 9.17) is 23.6 Å². The van der Waals surface area contributed by atoms with Crippen LogP contribution >= 0.6 is 7.60 Å². The molecule has 0 aliphatic carbocycles. The summed E-state index contributed by atoms with van der Waals surface area (Å²) in [6, 6.07) is 0. The van der Waals surface area contributed by atoms with Gasteiger partial charge >= 0.3 is 13.6 Å². The fraction of sp³-hybridized carbons (Fsp3) is 0.971. The average molecular weight is 637 g/mol. The molecule has 0 heterocycles. The molecule has 0 fully saturated rings. The summed E-state index contributed by atoms with van der Waals surface area (Å²) in [6.07, 6.45) is 25.3. The van der Waals surface area contributed by atoms with Crippen molar-refractivity contribution in [3.63, 3.8) is 0 Å². The Balaban J connectivity index is 3.89. The minimum atomic E-state index is -3.19. The third-order valence-corrected chi connectivity index (χ3v) is 8.94. The number of ether oxygens (including phenoxy) is 2. The maximum Gasteiger partial charge on any atom is 0.327 e. The van der Waals surface area contributed by atoms with Crippen molar-refractivity contribution in [3.05, 3.63) is 0 Å². The topological polar surface area (TPSA) is 91.3 Å². The maximum atomic E-state index is 12.7. The zero-order valence-electron chi connectivity index (χ0n) is 29.0. The first kappa shape index (κ1) is 42.5. The SMILES string of the molecule is CCCCCCCCCCCCCCCCCCCCOCC(COP(C)(=O)OCC[N+](C)(C)C)OCCCCC(=O)O. The summed E-state index contributed by atoms with van der Waals surface area (Å²) in [5, 5.41) is 8.82. The normalized spacial score (nSPS) is 14.2. The van der Waals surface area contributed by atoms with Crippen molar-refractivity contribution in [1.29, 1.82) is 0 Å². The van der Waals surface area contributed by atoms with Gasteiger partial charge < -0.3 is 28.1 Å². The summed E-state index contributed by atoms with van der Waals surface area (Å²) in [5.74, 6) is -0.800. The second-order valence-electron chi connectivity index (χ2n) is 13.3. The number of carboxylic acid groups (broad SMARTS) is 1. The maximum absolute atomic E-state index is 12.7. The number of quaternary nitrogens is 1. The Labute approximate surface area is 266 Å². The van der Waals surface area contributed by atoms with E-state index in [1.807, 2.05) is 0 Å². The van der Waals surface area contributed by atoms with Crippen LogP contribution in [0.3, 0.4) is 0 Å². The average Bonchev–Trinajstić information content (AvgIpc) is 2.93. The number of nitrogens with zero attached hydrogens (tertiary/aromatic N) is 1. The summed E-state index contributed by atoms with van der Waals surface area (Å²) in [6.45, 7) is 6.42. The third-order valence-electron chi connectivity index (χ3n) is 7.67. The first-order valence-electron chi connectivity index (χ1n) is 17.6. The van der Waals surface area contributed by atoms with Crippen LogP contribution in [0, 0.1) is 0 Å². The molecule has 0 aromatic carbocycles. The monoisotopic (exact) mass is 636 g/mol. The number of rotatable bonds is 34. The van der Waals surface area contributed by atoms with E-state index >= 15 is 0 Å². The van der Waals surface area contributed by atoms with Crippen molar-refractivity contribution in [2.75, 3.05) is 67.4 Å². The highest BCUT2D eigenvalue weighted by molar-refractivity contribution is 7.52. The molecule has 43 heavy (non-hydrogen) atoms. The molecule has 0 aliphatic heterocycles. The predicted molar refractivity (Wildman–Crippen MR) is 179 cm³/mol. The summed E-state index contributed by atoms with van der Waals surface area (Å²) >= 11 is 0. The molecular weight excluding hydrogens is 565 g/mol. The molecule has 0 radical (unpaired) electrons. The Morgan fingerprint density at radius 3 is 1.58 bits per heavy atom. The van der Waals surface area contributed by atoms with Crippen LogP contribution in [0.5, 0.6) is 0 Å². The van der Waals surface area contributed by atoms with E-state index in [0.29, 0.717) is 39.3 Å². The lowest BCUT2D eigenvalue weighted by Crippen LogP contribution is -2.37. The van der Waals surface area contributed by atoms with Gasteiger partial charge in [-0.3, -0.25) is 9.36 Å². The molecule has 0 spiro atoms. The number of carbonyl (C=O) groups is 1. The number of likely N-dealkylation sites (N-methyl/N-ethyl adjacent to an activating group) is 1. The van der Waals surface area contributed by atoms with Crippen LogP contribution < -0.4 is 0 Å². The van der Waals surface area contributed by atoms with Crippen molar-refractivity contribution in [1.82, 2.24) is 0 Å². The van der Waals surface area contributed by atoms with E-state index in [0.717, 1.165) is 17.4 Å². The molecule has 2 atom stereocenters. The minimum absolute atomic E-state index is 0.121. The van der Waals surface area contributed by atoms with E-state index in [2.05, 4.69) is 28.1 Å². The van der Waals surface area contributed by atoms with Gasteiger partial charge in [-0.05, 0) is 19.3 Å². The first-order valence-corrected chi connectivity index (χ1v) is 19.6. The molecule has 0 aromatic heterocycles. The molecule has 0 aliphatic rings. The fourth-order valence-corrected chi connectivity index (χ4v) is 5.75. The van der Waals surface area contributed by atoms with Gasteiger partial charge in [0.1, 0.15) is 19.3 Å². The van der Waals surface area contributed by atoms with Crippen molar-refractivity contribution in [3.8, 4) is 0 Å². The van der Waals surface area contributed by atoms with Gasteiger partial charge in [0, 0.05) is 26.3 Å². The van der Waals surface area contributed by atoms with Gasteiger partial charge in [-0.1, -0.05) is 116 Å². The van der Waals surface area contributed by atoms with Crippen molar-refractivity contribution in [2.24, 2.45) is 0 Å². The summed E-state index contributed by atoms with van der Waals surface area (Å²) in [7, 11) is 2.96. The highest BCUT2D eigenvalue weighted by atomic mass is 31.2. The van der Waals surface area contributed by atoms with Gasteiger partial charge in [-0.2, -0.15) is 0 Å². The van der Waals surface area contributed by atoms with Gasteiger partial charge in [0.05, 0.1) is 34.4 Å². The van der Waals surface area contributed by atoms with Crippen LogP contribution in [0.2, 0.25) is 0 Å². The number of hydrogen-bond acceptors (Lipinski definition) is 6. The fourth-order valence-electron chi connectivity index (χ4n) is 4.83. The molecular formula is C34H71NO7P+. The number of hydrogen-bond donors (Lipinski definition) is 1. The molecule has 8 nitrogen and oxygen atoms in total. The summed E-state index contributed by atoms with van der Waals surface area (Å²) in [4.78, 5) is 10.7. The standard InChI is InChI=1S/C34H70NO7P/c1-6-7-8-9-10-11-12-13-14-15-16-17-18-19-20-21-22-24-28-39-31-33(40-29-25-23-26-34(36)37)32-42-43(5,38)41-30-27-35(2,3)4/h33H,6-32H2,1-5H3/p+1. The van der Waals surface area contributed by atoms with Crippen molar-refractivity contribution >= 4 is 13.6 Å². The van der Waals surface area contributed by atoms with Crippen molar-refractivity contribution < 1.29 is 37.5 Å². The molecule has 0 saturated heterocycles. The van der Waals surface area contributed by atoms with E-state index in [9.17, 15) is 9.36 Å². The molecule has 1 N–H and O–H groups in total. The van der Waals surface area contributed by atoms with Gasteiger partial charge in [-0.15, -0.1) is 0 Å². The largest absolute Gasteiger partial charge is 0.481 e. The number of unbranched alkanes of at least 4 members (excludes halogenated alkanes) is 18. The van der Waals surface area contributed by atoms with E-state index in [1.54, 1.807) is 0 Å². The molecule has 9 heteroatoms.